The van der Waals surface area contributed by atoms with Gasteiger partial charge in [0.2, 0.25) is 5.96 Å². The number of fused-ring (bicyclic) bond motifs is 5. The summed E-state index contributed by atoms with van der Waals surface area (Å²) in [5, 5.41) is 18.6. The number of halogens is 2. The third-order valence-electron chi connectivity index (χ3n) is 9.25. The fourth-order valence-corrected chi connectivity index (χ4v) is 6.68. The van der Waals surface area contributed by atoms with Crippen LogP contribution >= 0.6 is 0 Å². The van der Waals surface area contributed by atoms with E-state index in [1.54, 1.807) is 0 Å². The van der Waals surface area contributed by atoms with Gasteiger partial charge in [0.1, 0.15) is 11.6 Å². The van der Waals surface area contributed by atoms with Crippen molar-refractivity contribution in [1.29, 1.82) is 5.41 Å². The van der Waals surface area contributed by atoms with Crippen molar-refractivity contribution in [2.75, 3.05) is 43.4 Å². The summed E-state index contributed by atoms with van der Waals surface area (Å²) in [4.78, 5) is 14.3. The molecule has 8 nitrogen and oxygen atoms in total. The number of nitrogens with zero attached hydrogens (tertiary/aromatic N) is 4. The SMILES string of the molecule is C=C1/N=C2\Nc3ccc(C(=C)NC4CN(CCc5cc(F)cc(F)c5)C4)cc3N2CCCCCC/C(NC)=C(/C=N)c2cc1cc(C)n2. The van der Waals surface area contributed by atoms with Gasteiger partial charge in [-0.25, -0.2) is 13.8 Å². The number of nitrogens with one attached hydrogen (secondary N) is 4. The molecule has 0 aliphatic carbocycles. The van der Waals surface area contributed by atoms with Crippen LogP contribution in [0.4, 0.5) is 20.2 Å². The van der Waals surface area contributed by atoms with E-state index < -0.39 is 11.6 Å². The third-order valence-corrected chi connectivity index (χ3v) is 9.25. The first-order valence-electron chi connectivity index (χ1n) is 16.7. The zero-order valence-electron chi connectivity index (χ0n) is 27.8. The van der Waals surface area contributed by atoms with Gasteiger partial charge in [0.05, 0.1) is 28.8 Å². The first-order chi connectivity index (χ1) is 23.2. The standard InChI is InChI=1S/C38H44F2N8/c1-24-15-29-18-36(43-24)33(21-41)34(42-4)9-7-5-6-8-13-48-37-19-28(10-11-35(37)46-38(48)45-26(29)3)25(2)44-32-22-47(23-32)14-12-27-16-30(39)20-31(40)17-27/h10-11,15-21,32,41-42,44H,2-3,5-9,12-14,22-23H2,1,4H3,(H,45,46)/b34-33+,41-21?. The number of likely N-dealkylation sites (tertiary alicyclic amines) is 1. The largest absolute Gasteiger partial charge is 0.391 e. The van der Waals surface area contributed by atoms with Crippen LogP contribution in [-0.4, -0.2) is 61.3 Å². The maximum absolute atomic E-state index is 13.5. The molecular formula is C38H44F2N8. The molecule has 10 heteroatoms. The normalized spacial score (nSPS) is 19.9. The lowest BCUT2D eigenvalue weighted by atomic mass is 10.0. The number of allylic oxidation sites excluding steroid dienone is 2. The Labute approximate surface area is 281 Å². The van der Waals surface area contributed by atoms with Crippen LogP contribution in [-0.2, 0) is 6.42 Å². The van der Waals surface area contributed by atoms with Gasteiger partial charge in [-0.15, -0.1) is 0 Å². The molecule has 2 aromatic carbocycles. The first-order valence-corrected chi connectivity index (χ1v) is 16.7. The molecule has 4 heterocycles. The molecular weight excluding hydrogens is 606 g/mol. The Morgan fingerprint density at radius 2 is 1.83 bits per heavy atom. The minimum absolute atomic E-state index is 0.257. The zero-order chi connectivity index (χ0) is 33.8. The first kappa shape index (κ1) is 33.1. The van der Waals surface area contributed by atoms with Gasteiger partial charge in [-0.3, -0.25) is 9.88 Å². The minimum Gasteiger partial charge on any atom is -0.391 e. The monoisotopic (exact) mass is 650 g/mol. The van der Waals surface area contributed by atoms with Gasteiger partial charge < -0.3 is 26.3 Å². The summed E-state index contributed by atoms with van der Waals surface area (Å²) in [6, 6.07) is 14.2. The summed E-state index contributed by atoms with van der Waals surface area (Å²) in [5.41, 5.74) is 9.48. The molecule has 0 unspecified atom stereocenters. The lowest BCUT2D eigenvalue weighted by Gasteiger charge is -2.40. The Kier molecular flexibility index (Phi) is 10.0. The maximum atomic E-state index is 13.5. The highest BCUT2D eigenvalue weighted by Gasteiger charge is 2.29. The van der Waals surface area contributed by atoms with E-state index in [4.69, 9.17) is 15.4 Å². The second-order valence-corrected chi connectivity index (χ2v) is 12.8. The molecule has 1 fully saturated rings. The van der Waals surface area contributed by atoms with E-state index in [-0.39, 0.29) is 6.04 Å². The van der Waals surface area contributed by atoms with Crippen LogP contribution in [0.15, 0.2) is 72.4 Å². The van der Waals surface area contributed by atoms with Crippen LogP contribution in [0.2, 0.25) is 0 Å². The van der Waals surface area contributed by atoms with Crippen molar-refractivity contribution >= 4 is 40.5 Å². The molecule has 3 aliphatic heterocycles. The van der Waals surface area contributed by atoms with E-state index >= 15 is 0 Å². The molecule has 3 aromatic rings. The van der Waals surface area contributed by atoms with Gasteiger partial charge in [-0.2, -0.15) is 0 Å². The molecule has 0 saturated carbocycles. The molecule has 0 amide bonds. The fourth-order valence-electron chi connectivity index (χ4n) is 6.68. The molecule has 6 rings (SSSR count). The Morgan fingerprint density at radius 3 is 2.58 bits per heavy atom. The number of benzene rings is 2. The number of guanidine groups is 1. The van der Waals surface area contributed by atoms with Gasteiger partial charge in [0, 0.05) is 73.7 Å². The molecule has 4 N–H and O–H groups in total. The highest BCUT2D eigenvalue weighted by molar-refractivity contribution is 6.16. The predicted molar refractivity (Wildman–Crippen MR) is 193 cm³/mol. The quantitative estimate of drug-likeness (QED) is 0.197. The van der Waals surface area contributed by atoms with Crippen molar-refractivity contribution in [1.82, 2.24) is 20.5 Å². The third kappa shape index (κ3) is 7.49. The Balaban J connectivity index is 1.16. The number of aliphatic imine (C=N–C) groups is 1. The second kappa shape index (κ2) is 14.5. The number of aryl methyl sites for hydroxylation is 1. The van der Waals surface area contributed by atoms with Crippen molar-refractivity contribution in [3.63, 3.8) is 0 Å². The van der Waals surface area contributed by atoms with Crippen molar-refractivity contribution in [3.8, 4) is 0 Å². The van der Waals surface area contributed by atoms with E-state index in [1.165, 1.54) is 18.3 Å². The van der Waals surface area contributed by atoms with Crippen LogP contribution in [0.5, 0.6) is 0 Å². The van der Waals surface area contributed by atoms with Crippen LogP contribution < -0.4 is 20.9 Å². The van der Waals surface area contributed by atoms with Crippen LogP contribution in [0.25, 0.3) is 17.0 Å². The van der Waals surface area contributed by atoms with Crippen LogP contribution in [0.3, 0.4) is 0 Å². The van der Waals surface area contributed by atoms with Gasteiger partial charge in [-0.1, -0.05) is 32.1 Å². The molecule has 48 heavy (non-hydrogen) atoms. The van der Waals surface area contributed by atoms with E-state index in [2.05, 4.69) is 57.1 Å². The Hall–Kier alpha value is -4.83. The van der Waals surface area contributed by atoms with E-state index in [0.717, 1.165) is 121 Å². The maximum Gasteiger partial charge on any atom is 0.208 e. The molecule has 0 spiro atoms. The summed E-state index contributed by atoms with van der Waals surface area (Å²) in [5.74, 6) is -0.330. The molecule has 1 saturated heterocycles. The summed E-state index contributed by atoms with van der Waals surface area (Å²) >= 11 is 0. The zero-order valence-corrected chi connectivity index (χ0v) is 27.8. The lowest BCUT2D eigenvalue weighted by molar-refractivity contribution is 0.139. The average Bonchev–Trinajstić information content (AvgIpc) is 3.37. The van der Waals surface area contributed by atoms with Gasteiger partial charge in [0.25, 0.3) is 0 Å². The van der Waals surface area contributed by atoms with E-state index in [0.29, 0.717) is 17.7 Å². The molecule has 250 valence electrons. The molecule has 3 aliphatic rings. The molecule has 1 aromatic heterocycles. The van der Waals surface area contributed by atoms with Crippen molar-refractivity contribution < 1.29 is 8.78 Å². The highest BCUT2D eigenvalue weighted by Crippen LogP contribution is 2.36. The van der Waals surface area contributed by atoms with Gasteiger partial charge >= 0.3 is 0 Å². The Bertz CT molecular complexity index is 1770. The summed E-state index contributed by atoms with van der Waals surface area (Å²) < 4.78 is 27.1. The smallest absolute Gasteiger partial charge is 0.208 e. The van der Waals surface area contributed by atoms with Crippen molar-refractivity contribution in [2.24, 2.45) is 4.99 Å². The summed E-state index contributed by atoms with van der Waals surface area (Å²) in [6.45, 7) is 13.9. The average molecular weight is 651 g/mol. The number of anilines is 2. The number of aromatic nitrogens is 1. The summed E-state index contributed by atoms with van der Waals surface area (Å²) in [7, 11) is 1.91. The van der Waals surface area contributed by atoms with Crippen molar-refractivity contribution in [2.45, 2.75) is 51.5 Å². The van der Waals surface area contributed by atoms with Gasteiger partial charge in [0.15, 0.2) is 0 Å². The molecule has 2 bridgehead atoms. The highest BCUT2D eigenvalue weighted by atomic mass is 19.1. The van der Waals surface area contributed by atoms with E-state index in [1.807, 2.05) is 26.1 Å². The van der Waals surface area contributed by atoms with Crippen LogP contribution in [0, 0.1) is 24.0 Å². The fraction of sp³-hybridized carbons (Fsp3) is 0.342. The lowest BCUT2D eigenvalue weighted by Crippen LogP contribution is -2.57. The predicted octanol–water partition coefficient (Wildman–Crippen LogP) is 6.96. The Morgan fingerprint density at radius 1 is 1.06 bits per heavy atom. The van der Waals surface area contributed by atoms with Crippen LogP contribution in [0.1, 0.15) is 60.2 Å². The second-order valence-electron chi connectivity index (χ2n) is 12.8. The topological polar surface area (TPSA) is 91.7 Å². The minimum atomic E-state index is -0.534. The summed E-state index contributed by atoms with van der Waals surface area (Å²) in [6.07, 6.45) is 7.02. The number of hydrogen-bond acceptors (Lipinski definition) is 8. The number of pyridine rings is 1. The number of hydrogen-bond donors (Lipinski definition) is 4. The van der Waals surface area contributed by atoms with E-state index in [9.17, 15) is 8.78 Å². The molecule has 0 radical (unpaired) electrons. The number of rotatable bonds is 8. The van der Waals surface area contributed by atoms with Gasteiger partial charge in [-0.05, 0) is 80.1 Å². The van der Waals surface area contributed by atoms with Crippen molar-refractivity contribution in [3.05, 3.63) is 107 Å². The molecule has 0 atom stereocenters.